The monoisotopic (exact) mass is 300 g/mol. The third-order valence-electron chi connectivity index (χ3n) is 4.04. The molecule has 0 saturated heterocycles. The number of aryl methyl sites for hydroxylation is 1. The summed E-state index contributed by atoms with van der Waals surface area (Å²) in [5.41, 5.74) is 2.32. The first-order valence-electron chi connectivity index (χ1n) is 7.39. The number of amides is 2. The molecule has 1 aromatic heterocycles. The Balaban J connectivity index is 1.68. The molecule has 22 heavy (non-hydrogen) atoms. The van der Waals surface area contributed by atoms with E-state index in [0.29, 0.717) is 12.2 Å². The van der Waals surface area contributed by atoms with Crippen molar-refractivity contribution in [1.82, 2.24) is 15.1 Å². The number of nitrogens with zero attached hydrogens (tertiary/aromatic N) is 2. The minimum Gasteiger partial charge on any atom is -0.396 e. The van der Waals surface area contributed by atoms with Crippen molar-refractivity contribution in [3.8, 4) is 5.69 Å². The number of aromatic nitrogens is 2. The smallest absolute Gasteiger partial charge is 0.319 e. The summed E-state index contributed by atoms with van der Waals surface area (Å²) >= 11 is 0. The molecule has 0 atom stereocenters. The van der Waals surface area contributed by atoms with Crippen LogP contribution < -0.4 is 10.6 Å². The van der Waals surface area contributed by atoms with Crippen molar-refractivity contribution in [2.75, 3.05) is 18.5 Å². The maximum Gasteiger partial charge on any atom is 0.319 e. The molecule has 1 aromatic carbocycles. The van der Waals surface area contributed by atoms with Gasteiger partial charge in [-0.05, 0) is 38.0 Å². The van der Waals surface area contributed by atoms with Gasteiger partial charge in [-0.1, -0.05) is 12.1 Å². The lowest BCUT2D eigenvalue weighted by molar-refractivity contribution is 0.206. The maximum absolute atomic E-state index is 12.1. The summed E-state index contributed by atoms with van der Waals surface area (Å²) in [4.78, 5) is 12.1. The van der Waals surface area contributed by atoms with Gasteiger partial charge in [-0.25, -0.2) is 9.48 Å². The van der Waals surface area contributed by atoms with Crippen LogP contribution in [0.4, 0.5) is 10.5 Å². The van der Waals surface area contributed by atoms with Crippen LogP contribution >= 0.6 is 0 Å². The van der Waals surface area contributed by atoms with Crippen LogP contribution in [0.15, 0.2) is 36.5 Å². The lowest BCUT2D eigenvalue weighted by atomic mass is 10.1. The van der Waals surface area contributed by atoms with E-state index < -0.39 is 0 Å². The number of hydrogen-bond donors (Lipinski definition) is 3. The van der Waals surface area contributed by atoms with E-state index in [-0.39, 0.29) is 18.1 Å². The standard InChI is InChI=1S/C16H20N4O2/c1-12-6-9-20(19-12)14-5-3-2-4-13(14)18-15(22)17-10-16(11-21)7-8-16/h2-6,9,21H,7-8,10-11H2,1H3,(H2,17,18,22). The van der Waals surface area contributed by atoms with E-state index in [9.17, 15) is 9.90 Å². The average molecular weight is 300 g/mol. The molecule has 2 aromatic rings. The first-order chi connectivity index (χ1) is 10.6. The van der Waals surface area contributed by atoms with Gasteiger partial charge in [0.15, 0.2) is 0 Å². The summed E-state index contributed by atoms with van der Waals surface area (Å²) < 4.78 is 1.74. The number of aliphatic hydroxyl groups excluding tert-OH is 1. The zero-order valence-electron chi connectivity index (χ0n) is 12.5. The van der Waals surface area contributed by atoms with Crippen LogP contribution in [0.3, 0.4) is 0 Å². The lowest BCUT2D eigenvalue weighted by Gasteiger charge is -2.15. The van der Waals surface area contributed by atoms with E-state index in [4.69, 9.17) is 0 Å². The number of anilines is 1. The van der Waals surface area contributed by atoms with Gasteiger partial charge < -0.3 is 15.7 Å². The van der Waals surface area contributed by atoms with Crippen molar-refractivity contribution in [2.45, 2.75) is 19.8 Å². The zero-order chi connectivity index (χ0) is 15.6. The van der Waals surface area contributed by atoms with E-state index in [1.54, 1.807) is 4.68 Å². The summed E-state index contributed by atoms with van der Waals surface area (Å²) in [6, 6.07) is 9.15. The fourth-order valence-electron chi connectivity index (χ4n) is 2.33. The van der Waals surface area contributed by atoms with Crippen LogP contribution in [0.5, 0.6) is 0 Å². The molecule has 6 heteroatoms. The molecule has 1 saturated carbocycles. The Morgan fingerprint density at radius 2 is 2.14 bits per heavy atom. The number of hydrogen-bond acceptors (Lipinski definition) is 3. The Labute approximate surface area is 129 Å². The quantitative estimate of drug-likeness (QED) is 0.791. The second-order valence-electron chi connectivity index (χ2n) is 5.88. The molecule has 1 aliphatic carbocycles. The molecular formula is C16H20N4O2. The normalized spacial score (nSPS) is 15.4. The van der Waals surface area contributed by atoms with Crippen molar-refractivity contribution in [2.24, 2.45) is 5.41 Å². The highest BCUT2D eigenvalue weighted by atomic mass is 16.3. The predicted octanol–water partition coefficient (Wildman–Crippen LogP) is 2.07. The highest BCUT2D eigenvalue weighted by Crippen LogP contribution is 2.44. The molecular weight excluding hydrogens is 280 g/mol. The molecule has 3 N–H and O–H groups in total. The van der Waals surface area contributed by atoms with E-state index in [1.807, 2.05) is 43.5 Å². The molecule has 1 aliphatic rings. The van der Waals surface area contributed by atoms with Crippen LogP contribution in [0.25, 0.3) is 5.69 Å². The van der Waals surface area contributed by atoms with Gasteiger partial charge in [0.2, 0.25) is 0 Å². The van der Waals surface area contributed by atoms with Gasteiger partial charge in [0.05, 0.1) is 23.7 Å². The van der Waals surface area contributed by atoms with Gasteiger partial charge in [0, 0.05) is 18.2 Å². The number of para-hydroxylation sites is 2. The molecule has 3 rings (SSSR count). The fourth-order valence-corrected chi connectivity index (χ4v) is 2.33. The Kier molecular flexibility index (Phi) is 3.85. The van der Waals surface area contributed by atoms with Gasteiger partial charge in [-0.15, -0.1) is 0 Å². The largest absolute Gasteiger partial charge is 0.396 e. The minimum atomic E-state index is -0.268. The van der Waals surface area contributed by atoms with E-state index in [1.165, 1.54) is 0 Å². The highest BCUT2D eigenvalue weighted by molar-refractivity contribution is 5.91. The van der Waals surface area contributed by atoms with Gasteiger partial charge in [0.1, 0.15) is 0 Å². The second-order valence-corrected chi connectivity index (χ2v) is 5.88. The molecule has 0 spiro atoms. The number of urea groups is 1. The first-order valence-corrected chi connectivity index (χ1v) is 7.39. The Morgan fingerprint density at radius 1 is 1.36 bits per heavy atom. The Hall–Kier alpha value is -2.34. The number of benzene rings is 1. The molecule has 0 bridgehead atoms. The van der Waals surface area contributed by atoms with Gasteiger partial charge in [-0.2, -0.15) is 5.10 Å². The number of nitrogens with one attached hydrogen (secondary N) is 2. The van der Waals surface area contributed by atoms with Crippen LogP contribution in [-0.2, 0) is 0 Å². The SMILES string of the molecule is Cc1ccn(-c2ccccc2NC(=O)NCC2(CO)CC2)n1. The molecule has 1 heterocycles. The zero-order valence-corrected chi connectivity index (χ0v) is 12.5. The topological polar surface area (TPSA) is 79.2 Å². The van der Waals surface area contributed by atoms with E-state index in [0.717, 1.165) is 24.2 Å². The summed E-state index contributed by atoms with van der Waals surface area (Å²) in [5.74, 6) is 0. The lowest BCUT2D eigenvalue weighted by Crippen LogP contribution is -2.35. The van der Waals surface area contributed by atoms with E-state index in [2.05, 4.69) is 15.7 Å². The van der Waals surface area contributed by atoms with Crippen molar-refractivity contribution in [3.05, 3.63) is 42.2 Å². The maximum atomic E-state index is 12.1. The number of rotatable bonds is 5. The van der Waals surface area contributed by atoms with Crippen molar-refractivity contribution in [3.63, 3.8) is 0 Å². The second kappa shape index (κ2) is 5.81. The van der Waals surface area contributed by atoms with Crippen LogP contribution in [0, 0.1) is 12.3 Å². The summed E-state index contributed by atoms with van der Waals surface area (Å²) in [7, 11) is 0. The fraction of sp³-hybridized carbons (Fsp3) is 0.375. The van der Waals surface area contributed by atoms with E-state index >= 15 is 0 Å². The summed E-state index contributed by atoms with van der Waals surface area (Å²) in [5, 5.41) is 19.3. The van der Waals surface area contributed by atoms with Crippen LogP contribution in [0.1, 0.15) is 18.5 Å². The van der Waals surface area contributed by atoms with Gasteiger partial charge in [-0.3, -0.25) is 0 Å². The molecule has 0 unspecified atom stereocenters. The van der Waals surface area contributed by atoms with Crippen molar-refractivity contribution in [1.29, 1.82) is 0 Å². The summed E-state index contributed by atoms with van der Waals surface area (Å²) in [6.07, 6.45) is 3.79. The number of aliphatic hydroxyl groups is 1. The minimum absolute atomic E-state index is 0.101. The Morgan fingerprint density at radius 3 is 2.77 bits per heavy atom. The molecule has 0 aliphatic heterocycles. The van der Waals surface area contributed by atoms with Crippen molar-refractivity contribution < 1.29 is 9.90 Å². The molecule has 2 amide bonds. The number of carbonyl (C=O) groups is 1. The first kappa shape index (κ1) is 14.6. The highest BCUT2D eigenvalue weighted by Gasteiger charge is 2.42. The average Bonchev–Trinajstić information content (AvgIpc) is 3.19. The third-order valence-corrected chi connectivity index (χ3v) is 4.04. The molecule has 116 valence electrons. The molecule has 0 radical (unpaired) electrons. The van der Waals surface area contributed by atoms with Gasteiger partial charge in [0.25, 0.3) is 0 Å². The predicted molar refractivity (Wildman–Crippen MR) is 84.1 cm³/mol. The molecule has 6 nitrogen and oxygen atoms in total. The summed E-state index contributed by atoms with van der Waals surface area (Å²) in [6.45, 7) is 2.54. The Bertz CT molecular complexity index is 676. The molecule has 1 fully saturated rings. The number of carbonyl (C=O) groups excluding carboxylic acids is 1. The van der Waals surface area contributed by atoms with Crippen LogP contribution in [-0.4, -0.2) is 34.1 Å². The third kappa shape index (κ3) is 3.12. The van der Waals surface area contributed by atoms with Crippen molar-refractivity contribution >= 4 is 11.7 Å². The van der Waals surface area contributed by atoms with Crippen LogP contribution in [0.2, 0.25) is 0 Å². The van der Waals surface area contributed by atoms with Gasteiger partial charge >= 0.3 is 6.03 Å².